The summed E-state index contributed by atoms with van der Waals surface area (Å²) in [4.78, 5) is 35.4. The number of rotatable bonds is 11. The van der Waals surface area contributed by atoms with Crippen molar-refractivity contribution in [3.8, 4) is 17.2 Å². The number of methoxy groups -OCH3 is 1. The summed E-state index contributed by atoms with van der Waals surface area (Å²) < 4.78 is 16.2. The molecule has 0 aromatic heterocycles. The second-order valence-corrected chi connectivity index (χ2v) is 7.19. The number of anilines is 2. The van der Waals surface area contributed by atoms with Crippen LogP contribution in [0.5, 0.6) is 17.2 Å². The van der Waals surface area contributed by atoms with Crippen LogP contribution in [0.1, 0.15) is 5.56 Å². The SMILES string of the molecule is COc1ccccc1OCC(=O)Nc1cccc(NC(=O)COc2ccc(CC(N)=O)cc2)c1. The maximum atomic E-state index is 12.3. The minimum absolute atomic E-state index is 0.139. The number of benzene rings is 3. The van der Waals surface area contributed by atoms with Crippen LogP contribution in [0.3, 0.4) is 0 Å². The number of carbonyl (C=O) groups excluding carboxylic acids is 3. The van der Waals surface area contributed by atoms with Gasteiger partial charge in [0.15, 0.2) is 24.7 Å². The molecule has 0 heterocycles. The van der Waals surface area contributed by atoms with Gasteiger partial charge in [0.1, 0.15) is 5.75 Å². The van der Waals surface area contributed by atoms with Crippen LogP contribution in [-0.4, -0.2) is 38.0 Å². The molecule has 3 amide bonds. The Bertz CT molecular complexity index is 1150. The number of ether oxygens (including phenoxy) is 3. The Morgan fingerprint density at radius 2 is 1.35 bits per heavy atom. The molecular formula is C25H25N3O6. The number of hydrogen-bond donors (Lipinski definition) is 3. The van der Waals surface area contributed by atoms with Crippen LogP contribution < -0.4 is 30.6 Å². The largest absolute Gasteiger partial charge is 0.493 e. The molecule has 0 aliphatic carbocycles. The maximum absolute atomic E-state index is 12.3. The quantitative estimate of drug-likeness (QED) is 0.401. The highest BCUT2D eigenvalue weighted by Gasteiger charge is 2.09. The van der Waals surface area contributed by atoms with E-state index in [2.05, 4.69) is 10.6 Å². The molecule has 9 nitrogen and oxygen atoms in total. The van der Waals surface area contributed by atoms with E-state index in [9.17, 15) is 14.4 Å². The van der Waals surface area contributed by atoms with E-state index in [1.807, 2.05) is 0 Å². The summed E-state index contributed by atoms with van der Waals surface area (Å²) in [6, 6.07) is 20.5. The van der Waals surface area contributed by atoms with E-state index >= 15 is 0 Å². The molecule has 3 aromatic carbocycles. The van der Waals surface area contributed by atoms with E-state index in [0.29, 0.717) is 28.6 Å². The molecule has 0 radical (unpaired) electrons. The first-order valence-corrected chi connectivity index (χ1v) is 10.4. The summed E-state index contributed by atoms with van der Waals surface area (Å²) in [6.07, 6.45) is 0.139. The topological polar surface area (TPSA) is 129 Å². The number of nitrogens with two attached hydrogens (primary N) is 1. The number of hydrogen-bond acceptors (Lipinski definition) is 6. The molecule has 4 N–H and O–H groups in total. The summed E-state index contributed by atoms with van der Waals surface area (Å²) in [7, 11) is 1.52. The van der Waals surface area contributed by atoms with Gasteiger partial charge in [0, 0.05) is 11.4 Å². The van der Waals surface area contributed by atoms with Gasteiger partial charge in [-0.15, -0.1) is 0 Å². The van der Waals surface area contributed by atoms with Crippen molar-refractivity contribution in [2.75, 3.05) is 31.0 Å². The predicted octanol–water partition coefficient (Wildman–Crippen LogP) is 2.76. The summed E-state index contributed by atoms with van der Waals surface area (Å²) >= 11 is 0. The van der Waals surface area contributed by atoms with Crippen molar-refractivity contribution in [1.82, 2.24) is 0 Å². The Kier molecular flexibility index (Phi) is 8.45. The van der Waals surface area contributed by atoms with Gasteiger partial charge in [-0.2, -0.15) is 0 Å². The molecule has 0 fully saturated rings. The highest BCUT2D eigenvalue weighted by Crippen LogP contribution is 2.25. The van der Waals surface area contributed by atoms with Crippen molar-refractivity contribution < 1.29 is 28.6 Å². The molecule has 3 rings (SSSR count). The molecular weight excluding hydrogens is 438 g/mol. The van der Waals surface area contributed by atoms with Gasteiger partial charge in [0.2, 0.25) is 5.91 Å². The molecule has 0 saturated heterocycles. The van der Waals surface area contributed by atoms with E-state index < -0.39 is 5.91 Å². The zero-order valence-electron chi connectivity index (χ0n) is 18.6. The lowest BCUT2D eigenvalue weighted by molar-refractivity contribution is -0.118. The van der Waals surface area contributed by atoms with Gasteiger partial charge in [-0.05, 0) is 48.0 Å². The molecule has 0 spiro atoms. The minimum Gasteiger partial charge on any atom is -0.493 e. The first kappa shape index (κ1) is 24.1. The fourth-order valence-electron chi connectivity index (χ4n) is 3.00. The van der Waals surface area contributed by atoms with Gasteiger partial charge < -0.3 is 30.6 Å². The van der Waals surface area contributed by atoms with Crippen molar-refractivity contribution in [3.05, 3.63) is 78.4 Å². The highest BCUT2D eigenvalue weighted by molar-refractivity contribution is 5.95. The second kappa shape index (κ2) is 11.9. The number of carbonyl (C=O) groups is 3. The smallest absolute Gasteiger partial charge is 0.262 e. The van der Waals surface area contributed by atoms with Crippen molar-refractivity contribution >= 4 is 29.1 Å². The molecule has 176 valence electrons. The minimum atomic E-state index is -0.421. The summed E-state index contributed by atoms with van der Waals surface area (Å²) in [5, 5.41) is 5.43. The third kappa shape index (κ3) is 7.56. The van der Waals surface area contributed by atoms with Crippen molar-refractivity contribution in [3.63, 3.8) is 0 Å². The zero-order valence-corrected chi connectivity index (χ0v) is 18.6. The normalized spacial score (nSPS) is 10.1. The highest BCUT2D eigenvalue weighted by atomic mass is 16.5. The van der Waals surface area contributed by atoms with Crippen LogP contribution in [0, 0.1) is 0 Å². The van der Waals surface area contributed by atoms with E-state index in [-0.39, 0.29) is 31.4 Å². The Morgan fingerprint density at radius 3 is 1.94 bits per heavy atom. The predicted molar refractivity (Wildman–Crippen MR) is 127 cm³/mol. The van der Waals surface area contributed by atoms with Gasteiger partial charge in [-0.25, -0.2) is 0 Å². The molecule has 0 bridgehead atoms. The number of amides is 3. The summed E-state index contributed by atoms with van der Waals surface area (Å²) in [5.41, 5.74) is 6.92. The summed E-state index contributed by atoms with van der Waals surface area (Å²) in [6.45, 7) is -0.415. The maximum Gasteiger partial charge on any atom is 0.262 e. The molecule has 0 unspecified atom stereocenters. The molecule has 3 aromatic rings. The van der Waals surface area contributed by atoms with Crippen molar-refractivity contribution in [2.45, 2.75) is 6.42 Å². The van der Waals surface area contributed by atoms with Gasteiger partial charge >= 0.3 is 0 Å². The average molecular weight is 463 g/mol. The fraction of sp³-hybridized carbons (Fsp3) is 0.160. The standard InChI is InChI=1S/C25H25N3O6/c1-32-21-7-2-3-8-22(21)34-16-25(31)28-19-6-4-5-18(14-19)27-24(30)15-33-20-11-9-17(10-12-20)13-23(26)29/h2-12,14H,13,15-16H2,1H3,(H2,26,29)(H,27,30)(H,28,31). The lowest BCUT2D eigenvalue weighted by atomic mass is 10.1. The Hall–Kier alpha value is -4.53. The van der Waals surface area contributed by atoms with E-state index in [0.717, 1.165) is 5.56 Å². The first-order chi connectivity index (χ1) is 16.4. The van der Waals surface area contributed by atoms with E-state index in [4.69, 9.17) is 19.9 Å². The van der Waals surface area contributed by atoms with Gasteiger partial charge in [-0.3, -0.25) is 14.4 Å². The lowest BCUT2D eigenvalue weighted by Crippen LogP contribution is -2.21. The van der Waals surface area contributed by atoms with Crippen LogP contribution in [0.2, 0.25) is 0 Å². The van der Waals surface area contributed by atoms with Crippen LogP contribution in [0.25, 0.3) is 0 Å². The van der Waals surface area contributed by atoms with Crippen LogP contribution >= 0.6 is 0 Å². The number of para-hydroxylation sites is 2. The molecule has 0 saturated carbocycles. The molecule has 34 heavy (non-hydrogen) atoms. The van der Waals surface area contributed by atoms with Crippen molar-refractivity contribution in [1.29, 1.82) is 0 Å². The second-order valence-electron chi connectivity index (χ2n) is 7.19. The Balaban J connectivity index is 1.47. The zero-order chi connectivity index (χ0) is 24.3. The summed E-state index contributed by atoms with van der Waals surface area (Å²) in [5.74, 6) is 0.323. The third-order valence-corrected chi connectivity index (χ3v) is 4.53. The van der Waals surface area contributed by atoms with Crippen LogP contribution in [-0.2, 0) is 20.8 Å². The van der Waals surface area contributed by atoms with Gasteiger partial charge in [0.05, 0.1) is 13.5 Å². The molecule has 0 atom stereocenters. The Morgan fingerprint density at radius 1 is 0.765 bits per heavy atom. The first-order valence-electron chi connectivity index (χ1n) is 10.4. The third-order valence-electron chi connectivity index (χ3n) is 4.53. The molecule has 9 heteroatoms. The van der Waals surface area contributed by atoms with Gasteiger partial charge in [0.25, 0.3) is 11.8 Å². The molecule has 0 aliphatic heterocycles. The van der Waals surface area contributed by atoms with Gasteiger partial charge in [-0.1, -0.05) is 30.3 Å². The van der Waals surface area contributed by atoms with Crippen LogP contribution in [0.15, 0.2) is 72.8 Å². The Labute approximate surface area is 196 Å². The lowest BCUT2D eigenvalue weighted by Gasteiger charge is -2.12. The van der Waals surface area contributed by atoms with Crippen LogP contribution in [0.4, 0.5) is 11.4 Å². The molecule has 0 aliphatic rings. The monoisotopic (exact) mass is 463 g/mol. The number of nitrogens with one attached hydrogen (secondary N) is 2. The van der Waals surface area contributed by atoms with Crippen molar-refractivity contribution in [2.24, 2.45) is 5.73 Å². The fourth-order valence-corrected chi connectivity index (χ4v) is 3.00. The van der Waals surface area contributed by atoms with E-state index in [1.54, 1.807) is 72.8 Å². The van der Waals surface area contributed by atoms with E-state index in [1.165, 1.54) is 7.11 Å². The number of primary amides is 1. The average Bonchev–Trinajstić information content (AvgIpc) is 2.82.